The fourth-order valence-corrected chi connectivity index (χ4v) is 2.30. The molecule has 0 radical (unpaired) electrons. The van der Waals surface area contributed by atoms with Crippen LogP contribution in [0.4, 0.5) is 0 Å². The number of aliphatic hydroxyl groups is 1. The molecular weight excluding hydrogens is 190 g/mol. The van der Waals surface area contributed by atoms with Crippen molar-refractivity contribution in [1.29, 1.82) is 0 Å². The highest BCUT2D eigenvalue weighted by Crippen LogP contribution is 2.42. The molecule has 1 rings (SSSR count). The third kappa shape index (κ3) is 3.20. The van der Waals surface area contributed by atoms with Gasteiger partial charge in [-0.2, -0.15) is 0 Å². The van der Waals surface area contributed by atoms with Gasteiger partial charge in [0.15, 0.2) is 0 Å². The summed E-state index contributed by atoms with van der Waals surface area (Å²) < 4.78 is 0. The number of aliphatic hydroxyl groups excluding tert-OH is 1. The lowest BCUT2D eigenvalue weighted by atomic mass is 9.81. The second-order valence-electron chi connectivity index (χ2n) is 5.24. The summed E-state index contributed by atoms with van der Waals surface area (Å²) in [6.07, 6.45) is 3.54. The predicted molar refractivity (Wildman–Crippen MR) is 60.4 cm³/mol. The number of nitrogens with one attached hydrogen (secondary N) is 1. The number of carbonyl (C=O) groups is 1. The molecule has 1 aliphatic carbocycles. The number of carbonyl (C=O) groups excluding carboxylic acids is 1. The van der Waals surface area contributed by atoms with Gasteiger partial charge in [-0.05, 0) is 24.7 Å². The summed E-state index contributed by atoms with van der Waals surface area (Å²) in [6.45, 7) is 6.61. The van der Waals surface area contributed by atoms with Crippen LogP contribution in [0.5, 0.6) is 0 Å². The van der Waals surface area contributed by atoms with Gasteiger partial charge in [-0.15, -0.1) is 0 Å². The van der Waals surface area contributed by atoms with Crippen molar-refractivity contribution in [2.24, 2.45) is 11.3 Å². The first-order chi connectivity index (χ1) is 6.97. The Morgan fingerprint density at radius 2 is 2.27 bits per heavy atom. The maximum atomic E-state index is 11.9. The second kappa shape index (κ2) is 4.97. The largest absolute Gasteiger partial charge is 0.391 e. The van der Waals surface area contributed by atoms with E-state index in [2.05, 4.69) is 19.2 Å². The van der Waals surface area contributed by atoms with Gasteiger partial charge in [0.25, 0.3) is 0 Å². The zero-order valence-corrected chi connectivity index (χ0v) is 10.0. The van der Waals surface area contributed by atoms with Gasteiger partial charge in [0.05, 0.1) is 6.10 Å². The van der Waals surface area contributed by atoms with Crippen LogP contribution in [0.25, 0.3) is 0 Å². The van der Waals surface area contributed by atoms with E-state index in [4.69, 9.17) is 0 Å². The third-order valence-corrected chi connectivity index (χ3v) is 3.56. The molecule has 0 bridgehead atoms. The van der Waals surface area contributed by atoms with E-state index in [0.717, 1.165) is 19.3 Å². The molecule has 2 atom stereocenters. The first-order valence-electron chi connectivity index (χ1n) is 5.93. The Kier molecular flexibility index (Phi) is 4.14. The molecule has 0 heterocycles. The lowest BCUT2D eigenvalue weighted by molar-refractivity contribution is -0.128. The second-order valence-corrected chi connectivity index (χ2v) is 5.24. The van der Waals surface area contributed by atoms with Gasteiger partial charge < -0.3 is 10.4 Å². The molecule has 2 N–H and O–H groups in total. The van der Waals surface area contributed by atoms with Gasteiger partial charge in [0, 0.05) is 12.5 Å². The number of hydrogen-bond acceptors (Lipinski definition) is 2. The third-order valence-electron chi connectivity index (χ3n) is 3.56. The Bertz CT molecular complexity index is 226. The number of amides is 1. The van der Waals surface area contributed by atoms with Crippen molar-refractivity contribution in [2.45, 2.75) is 52.6 Å². The standard InChI is InChI=1S/C12H23NO2/c1-4-9(14)8-13-11(15)10-6-5-7-12(10,2)3/h9-10,14H,4-8H2,1-3H3,(H,13,15). The molecule has 0 aromatic heterocycles. The monoisotopic (exact) mass is 213 g/mol. The van der Waals surface area contributed by atoms with Crippen LogP contribution >= 0.6 is 0 Å². The van der Waals surface area contributed by atoms with Gasteiger partial charge in [0.2, 0.25) is 5.91 Å². The summed E-state index contributed by atoms with van der Waals surface area (Å²) in [7, 11) is 0. The summed E-state index contributed by atoms with van der Waals surface area (Å²) in [4.78, 5) is 11.9. The zero-order chi connectivity index (χ0) is 11.5. The van der Waals surface area contributed by atoms with Crippen LogP contribution in [-0.4, -0.2) is 23.7 Å². The zero-order valence-electron chi connectivity index (χ0n) is 10.0. The Morgan fingerprint density at radius 3 is 2.73 bits per heavy atom. The highest BCUT2D eigenvalue weighted by molar-refractivity contribution is 5.79. The van der Waals surface area contributed by atoms with Gasteiger partial charge in [0.1, 0.15) is 0 Å². The smallest absolute Gasteiger partial charge is 0.223 e. The summed E-state index contributed by atoms with van der Waals surface area (Å²) in [6, 6.07) is 0. The quantitative estimate of drug-likeness (QED) is 0.746. The van der Waals surface area contributed by atoms with E-state index in [9.17, 15) is 9.90 Å². The molecule has 15 heavy (non-hydrogen) atoms. The average molecular weight is 213 g/mol. The van der Waals surface area contributed by atoms with E-state index < -0.39 is 6.10 Å². The first kappa shape index (κ1) is 12.5. The van der Waals surface area contributed by atoms with Crippen LogP contribution in [0.1, 0.15) is 46.5 Å². The van der Waals surface area contributed by atoms with Crippen molar-refractivity contribution in [3.63, 3.8) is 0 Å². The summed E-state index contributed by atoms with van der Waals surface area (Å²) in [5, 5.41) is 12.2. The lowest BCUT2D eigenvalue weighted by Crippen LogP contribution is -2.39. The van der Waals surface area contributed by atoms with E-state index in [0.29, 0.717) is 13.0 Å². The van der Waals surface area contributed by atoms with Crippen LogP contribution in [0.15, 0.2) is 0 Å². The summed E-state index contributed by atoms with van der Waals surface area (Å²) >= 11 is 0. The Morgan fingerprint density at radius 1 is 1.60 bits per heavy atom. The van der Waals surface area contributed by atoms with Crippen LogP contribution < -0.4 is 5.32 Å². The first-order valence-corrected chi connectivity index (χ1v) is 5.93. The van der Waals surface area contributed by atoms with Crippen LogP contribution in [0.2, 0.25) is 0 Å². The van der Waals surface area contributed by atoms with Gasteiger partial charge in [-0.1, -0.05) is 27.2 Å². The van der Waals surface area contributed by atoms with Crippen LogP contribution in [0, 0.1) is 11.3 Å². The highest BCUT2D eigenvalue weighted by atomic mass is 16.3. The highest BCUT2D eigenvalue weighted by Gasteiger charge is 2.39. The molecule has 1 saturated carbocycles. The SMILES string of the molecule is CCC(O)CNC(=O)C1CCCC1(C)C. The molecule has 0 spiro atoms. The molecule has 88 valence electrons. The molecular formula is C12H23NO2. The van der Waals surface area contributed by atoms with E-state index in [1.165, 1.54) is 0 Å². The summed E-state index contributed by atoms with van der Waals surface area (Å²) in [5.41, 5.74) is 0.126. The molecule has 1 aliphatic rings. The fraction of sp³-hybridized carbons (Fsp3) is 0.917. The summed E-state index contributed by atoms with van der Waals surface area (Å²) in [5.74, 6) is 0.242. The van der Waals surface area contributed by atoms with E-state index in [1.807, 2.05) is 6.92 Å². The fourth-order valence-electron chi connectivity index (χ4n) is 2.30. The van der Waals surface area contributed by atoms with Crippen LogP contribution in [-0.2, 0) is 4.79 Å². The maximum Gasteiger partial charge on any atom is 0.223 e. The molecule has 0 aromatic rings. The van der Waals surface area contributed by atoms with Crippen molar-refractivity contribution in [2.75, 3.05) is 6.54 Å². The average Bonchev–Trinajstić information content (AvgIpc) is 2.53. The molecule has 1 amide bonds. The Labute approximate surface area is 92.3 Å². The minimum Gasteiger partial charge on any atom is -0.391 e. The van der Waals surface area contributed by atoms with E-state index in [-0.39, 0.29) is 17.2 Å². The molecule has 0 aromatic carbocycles. The van der Waals surface area contributed by atoms with Crippen molar-refractivity contribution in [1.82, 2.24) is 5.32 Å². The van der Waals surface area contributed by atoms with Crippen LogP contribution in [0.3, 0.4) is 0 Å². The van der Waals surface area contributed by atoms with Crippen molar-refractivity contribution < 1.29 is 9.90 Å². The Balaban J connectivity index is 2.40. The number of rotatable bonds is 4. The van der Waals surface area contributed by atoms with E-state index in [1.54, 1.807) is 0 Å². The predicted octanol–water partition coefficient (Wildman–Crippen LogP) is 1.70. The molecule has 3 nitrogen and oxygen atoms in total. The van der Waals surface area contributed by atoms with Crippen molar-refractivity contribution in [3.05, 3.63) is 0 Å². The van der Waals surface area contributed by atoms with E-state index >= 15 is 0 Å². The minimum absolute atomic E-state index is 0.116. The normalized spacial score (nSPS) is 26.3. The lowest BCUT2D eigenvalue weighted by Gasteiger charge is -2.26. The molecule has 3 heteroatoms. The van der Waals surface area contributed by atoms with Gasteiger partial charge in [-0.3, -0.25) is 4.79 Å². The molecule has 1 fully saturated rings. The number of hydrogen-bond donors (Lipinski definition) is 2. The maximum absolute atomic E-state index is 11.9. The van der Waals surface area contributed by atoms with Crippen molar-refractivity contribution in [3.8, 4) is 0 Å². The van der Waals surface area contributed by atoms with Gasteiger partial charge in [-0.25, -0.2) is 0 Å². The van der Waals surface area contributed by atoms with Crippen molar-refractivity contribution >= 4 is 5.91 Å². The Hall–Kier alpha value is -0.570. The minimum atomic E-state index is -0.404. The molecule has 0 aliphatic heterocycles. The molecule has 2 unspecified atom stereocenters. The topological polar surface area (TPSA) is 49.3 Å². The van der Waals surface area contributed by atoms with Gasteiger partial charge >= 0.3 is 0 Å². The molecule has 0 saturated heterocycles.